The van der Waals surface area contributed by atoms with E-state index >= 15 is 0 Å². The van der Waals surface area contributed by atoms with Crippen LogP contribution < -0.4 is 11.1 Å². The van der Waals surface area contributed by atoms with Crippen LogP contribution in [0, 0.1) is 0 Å². The van der Waals surface area contributed by atoms with Gasteiger partial charge in [-0.25, -0.2) is 0 Å². The first-order valence-electron chi connectivity index (χ1n) is 5.13. The number of carbonyl (C=O) groups excluding carboxylic acids is 1. The minimum atomic E-state index is -0.136. The highest BCUT2D eigenvalue weighted by Crippen LogP contribution is 2.22. The molecule has 1 rings (SSSR count). The molecule has 17 heavy (non-hydrogen) atoms. The molecule has 0 bridgehead atoms. The first-order valence-corrected chi connectivity index (χ1v) is 5.51. The van der Waals surface area contributed by atoms with Crippen molar-refractivity contribution in [2.45, 2.75) is 6.42 Å². The SMILES string of the molecule is CON(C)CCC(=O)Nc1cc(Cl)ccc1N. The number of hydrogen-bond donors (Lipinski definition) is 2. The first-order chi connectivity index (χ1) is 8.02. The topological polar surface area (TPSA) is 67.6 Å². The molecule has 0 heterocycles. The van der Waals surface area contributed by atoms with Gasteiger partial charge in [0.1, 0.15) is 0 Å². The fourth-order valence-corrected chi connectivity index (χ4v) is 1.37. The zero-order valence-electron chi connectivity index (χ0n) is 9.87. The Bertz CT molecular complexity index is 398. The second-order valence-corrected chi connectivity index (χ2v) is 4.00. The summed E-state index contributed by atoms with van der Waals surface area (Å²) in [6.45, 7) is 0.503. The molecule has 0 radical (unpaired) electrons. The summed E-state index contributed by atoms with van der Waals surface area (Å²) in [6.07, 6.45) is 0.316. The summed E-state index contributed by atoms with van der Waals surface area (Å²) in [4.78, 5) is 16.5. The predicted octanol–water partition coefficient (Wildman–Crippen LogP) is 1.74. The standard InChI is InChI=1S/C11H16ClN3O2/c1-15(17-2)6-5-11(16)14-10-7-8(12)3-4-9(10)13/h3-4,7H,5-6,13H2,1-2H3,(H,14,16). The predicted molar refractivity (Wildman–Crippen MR) is 68.8 cm³/mol. The van der Waals surface area contributed by atoms with Gasteiger partial charge in [-0.3, -0.25) is 4.79 Å². The Hall–Kier alpha value is -1.30. The number of amides is 1. The first kappa shape index (κ1) is 13.8. The number of hydroxylamine groups is 2. The molecule has 94 valence electrons. The molecule has 0 aliphatic rings. The number of anilines is 2. The number of benzene rings is 1. The van der Waals surface area contributed by atoms with E-state index < -0.39 is 0 Å². The van der Waals surface area contributed by atoms with Gasteiger partial charge in [0.25, 0.3) is 0 Å². The highest BCUT2D eigenvalue weighted by atomic mass is 35.5. The Kier molecular flexibility index (Phi) is 5.21. The van der Waals surface area contributed by atoms with Gasteiger partial charge >= 0.3 is 0 Å². The fraction of sp³-hybridized carbons (Fsp3) is 0.364. The van der Waals surface area contributed by atoms with Crippen LogP contribution in [0.5, 0.6) is 0 Å². The number of carbonyl (C=O) groups is 1. The number of nitrogens with zero attached hydrogens (tertiary/aromatic N) is 1. The van der Waals surface area contributed by atoms with E-state index in [2.05, 4.69) is 5.32 Å². The molecule has 0 aromatic heterocycles. The molecule has 5 nitrogen and oxygen atoms in total. The number of nitrogens with one attached hydrogen (secondary N) is 1. The maximum atomic E-state index is 11.6. The van der Waals surface area contributed by atoms with Gasteiger partial charge in [-0.2, -0.15) is 5.06 Å². The molecule has 0 atom stereocenters. The van der Waals surface area contributed by atoms with Crippen LogP contribution in [-0.4, -0.2) is 31.7 Å². The zero-order valence-corrected chi connectivity index (χ0v) is 10.6. The van der Waals surface area contributed by atoms with Crippen molar-refractivity contribution in [3.8, 4) is 0 Å². The van der Waals surface area contributed by atoms with Gasteiger partial charge in [0.2, 0.25) is 5.91 Å². The quantitative estimate of drug-likeness (QED) is 0.623. The molecule has 0 spiro atoms. The molecule has 6 heteroatoms. The molecule has 0 saturated carbocycles. The van der Waals surface area contributed by atoms with Crippen molar-refractivity contribution in [3.63, 3.8) is 0 Å². The van der Waals surface area contributed by atoms with Crippen molar-refractivity contribution in [3.05, 3.63) is 23.2 Å². The lowest BCUT2D eigenvalue weighted by molar-refractivity contribution is -0.126. The fourth-order valence-electron chi connectivity index (χ4n) is 1.20. The number of nitrogen functional groups attached to an aromatic ring is 1. The monoisotopic (exact) mass is 257 g/mol. The average molecular weight is 258 g/mol. The van der Waals surface area contributed by atoms with Crippen molar-refractivity contribution < 1.29 is 9.63 Å². The summed E-state index contributed by atoms with van der Waals surface area (Å²) in [5.41, 5.74) is 6.73. The normalized spacial score (nSPS) is 10.6. The smallest absolute Gasteiger partial charge is 0.225 e. The molecule has 1 aromatic rings. The number of nitrogens with two attached hydrogens (primary N) is 1. The molecular weight excluding hydrogens is 242 g/mol. The van der Waals surface area contributed by atoms with E-state index in [1.165, 1.54) is 0 Å². The molecule has 0 aliphatic heterocycles. The van der Waals surface area contributed by atoms with E-state index in [1.807, 2.05) is 0 Å². The van der Waals surface area contributed by atoms with Crippen LogP contribution in [0.2, 0.25) is 5.02 Å². The zero-order chi connectivity index (χ0) is 12.8. The Labute approximate surface area is 105 Å². The average Bonchev–Trinajstić information content (AvgIpc) is 2.30. The van der Waals surface area contributed by atoms with Gasteiger partial charge in [0.15, 0.2) is 0 Å². The van der Waals surface area contributed by atoms with Crippen molar-refractivity contribution in [2.75, 3.05) is 31.8 Å². The second kappa shape index (κ2) is 6.44. The Morgan fingerprint density at radius 3 is 2.94 bits per heavy atom. The van der Waals surface area contributed by atoms with Crippen LogP contribution in [0.1, 0.15) is 6.42 Å². The summed E-state index contributed by atoms with van der Waals surface area (Å²) in [6, 6.07) is 4.94. The number of hydrogen-bond acceptors (Lipinski definition) is 4. The van der Waals surface area contributed by atoms with Crippen molar-refractivity contribution in [1.82, 2.24) is 5.06 Å². The number of halogens is 1. The summed E-state index contributed by atoms with van der Waals surface area (Å²) >= 11 is 5.82. The van der Waals surface area contributed by atoms with Gasteiger partial charge in [-0.1, -0.05) is 11.6 Å². The maximum absolute atomic E-state index is 11.6. The maximum Gasteiger partial charge on any atom is 0.225 e. The van der Waals surface area contributed by atoms with Gasteiger partial charge < -0.3 is 15.9 Å². The third kappa shape index (κ3) is 4.60. The minimum absolute atomic E-state index is 0.136. The summed E-state index contributed by atoms with van der Waals surface area (Å²) in [7, 11) is 3.30. The van der Waals surface area contributed by atoms with Crippen LogP contribution in [0.25, 0.3) is 0 Å². The van der Waals surface area contributed by atoms with E-state index in [4.69, 9.17) is 22.2 Å². The summed E-state index contributed by atoms with van der Waals surface area (Å²) in [5, 5.41) is 4.80. The number of rotatable bonds is 5. The van der Waals surface area contributed by atoms with Crippen molar-refractivity contribution in [1.29, 1.82) is 0 Å². The molecule has 0 fully saturated rings. The lowest BCUT2D eigenvalue weighted by Crippen LogP contribution is -2.23. The molecule has 0 aliphatic carbocycles. The van der Waals surface area contributed by atoms with E-state index in [0.717, 1.165) is 0 Å². The minimum Gasteiger partial charge on any atom is -0.397 e. The molecule has 0 saturated heterocycles. The molecule has 3 N–H and O–H groups in total. The van der Waals surface area contributed by atoms with Crippen molar-refractivity contribution in [2.24, 2.45) is 0 Å². The largest absolute Gasteiger partial charge is 0.397 e. The molecule has 1 amide bonds. The van der Waals surface area contributed by atoms with E-state index in [1.54, 1.807) is 37.4 Å². The van der Waals surface area contributed by atoms with E-state index in [-0.39, 0.29) is 5.91 Å². The van der Waals surface area contributed by atoms with Gasteiger partial charge in [0, 0.05) is 25.0 Å². The lowest BCUT2D eigenvalue weighted by atomic mass is 10.2. The van der Waals surface area contributed by atoms with Crippen molar-refractivity contribution >= 4 is 28.9 Å². The van der Waals surface area contributed by atoms with Gasteiger partial charge in [-0.05, 0) is 18.2 Å². The van der Waals surface area contributed by atoms with Gasteiger partial charge in [-0.15, -0.1) is 0 Å². The Morgan fingerprint density at radius 2 is 2.29 bits per heavy atom. The second-order valence-electron chi connectivity index (χ2n) is 3.56. The third-order valence-electron chi connectivity index (χ3n) is 2.25. The van der Waals surface area contributed by atoms with Gasteiger partial charge in [0.05, 0.1) is 18.5 Å². The van der Waals surface area contributed by atoms with E-state index in [0.29, 0.717) is 29.4 Å². The third-order valence-corrected chi connectivity index (χ3v) is 2.49. The highest BCUT2D eigenvalue weighted by molar-refractivity contribution is 6.31. The Balaban J connectivity index is 2.53. The van der Waals surface area contributed by atoms with Crippen LogP contribution in [0.4, 0.5) is 11.4 Å². The van der Waals surface area contributed by atoms with E-state index in [9.17, 15) is 4.79 Å². The van der Waals surface area contributed by atoms with Crippen LogP contribution in [-0.2, 0) is 9.63 Å². The highest BCUT2D eigenvalue weighted by Gasteiger charge is 2.07. The summed E-state index contributed by atoms with van der Waals surface area (Å²) < 4.78 is 0. The van der Waals surface area contributed by atoms with Crippen LogP contribution >= 0.6 is 11.6 Å². The molecular formula is C11H16ClN3O2. The lowest BCUT2D eigenvalue weighted by Gasteiger charge is -2.13. The van der Waals surface area contributed by atoms with Crippen LogP contribution in [0.3, 0.4) is 0 Å². The Morgan fingerprint density at radius 1 is 1.59 bits per heavy atom. The van der Waals surface area contributed by atoms with Crippen LogP contribution in [0.15, 0.2) is 18.2 Å². The summed E-state index contributed by atoms with van der Waals surface area (Å²) in [5.74, 6) is -0.136. The molecule has 0 unspecified atom stereocenters. The molecule has 1 aromatic carbocycles.